The lowest BCUT2D eigenvalue weighted by atomic mass is 9.93. The number of halogens is 1. The Bertz CT molecular complexity index is 759. The minimum absolute atomic E-state index is 0.186. The molecule has 1 aromatic carbocycles. The van der Waals surface area contributed by atoms with Crippen molar-refractivity contribution in [2.45, 2.75) is 58.9 Å². The molecule has 0 aliphatic rings. The largest absolute Gasteiger partial charge is 0.466 e. The number of ether oxygens (including phenoxy) is 1. The number of hydrogen-bond donors (Lipinski definition) is 1. The third kappa shape index (κ3) is 3.83. The summed E-state index contributed by atoms with van der Waals surface area (Å²) >= 11 is 6.27. The van der Waals surface area contributed by atoms with Crippen LogP contribution in [0.25, 0.3) is 11.0 Å². The van der Waals surface area contributed by atoms with E-state index < -0.39 is 0 Å². The van der Waals surface area contributed by atoms with Crippen LogP contribution in [-0.2, 0) is 16.1 Å². The molecule has 0 amide bonds. The van der Waals surface area contributed by atoms with Crippen LogP contribution in [0.15, 0.2) is 16.9 Å². The molecule has 0 spiro atoms. The van der Waals surface area contributed by atoms with Gasteiger partial charge in [0.25, 0.3) is 0 Å². The number of imidazole rings is 1. The first-order valence-electron chi connectivity index (χ1n) is 8.59. The normalized spacial score (nSPS) is 11.4. The number of aromatic nitrogens is 2. The van der Waals surface area contributed by atoms with Gasteiger partial charge in [-0.1, -0.05) is 31.5 Å². The van der Waals surface area contributed by atoms with E-state index in [0.29, 0.717) is 42.5 Å². The molecule has 0 bridgehead atoms. The summed E-state index contributed by atoms with van der Waals surface area (Å²) in [5, 5.41) is 0.543. The molecule has 24 heavy (non-hydrogen) atoms. The third-order valence-electron chi connectivity index (χ3n) is 4.40. The molecular formula is C18H25ClN2O3. The minimum Gasteiger partial charge on any atom is -0.466 e. The number of nitrogens with one attached hydrogen (secondary N) is 1. The molecule has 0 atom stereocenters. The van der Waals surface area contributed by atoms with Crippen LogP contribution in [-0.4, -0.2) is 22.1 Å². The smallest absolute Gasteiger partial charge is 0.326 e. The second-order valence-electron chi connectivity index (χ2n) is 5.86. The van der Waals surface area contributed by atoms with Crippen LogP contribution in [0.5, 0.6) is 0 Å². The maximum atomic E-state index is 12.4. The van der Waals surface area contributed by atoms with Crippen molar-refractivity contribution in [3.8, 4) is 0 Å². The zero-order valence-electron chi connectivity index (χ0n) is 14.5. The Balaban J connectivity index is 2.38. The molecular weight excluding hydrogens is 328 g/mol. The number of nitrogens with zero attached hydrogens (tertiary/aromatic N) is 1. The van der Waals surface area contributed by atoms with E-state index >= 15 is 0 Å². The summed E-state index contributed by atoms with van der Waals surface area (Å²) < 4.78 is 6.64. The molecule has 2 aromatic rings. The fourth-order valence-electron chi connectivity index (χ4n) is 3.15. The summed E-state index contributed by atoms with van der Waals surface area (Å²) in [6, 6.07) is 3.86. The number of carbonyl (C=O) groups excluding carboxylic acids is 1. The highest BCUT2D eigenvalue weighted by Crippen LogP contribution is 2.32. The van der Waals surface area contributed by atoms with Crippen molar-refractivity contribution in [3.63, 3.8) is 0 Å². The Morgan fingerprint density at radius 3 is 2.62 bits per heavy atom. The van der Waals surface area contributed by atoms with Crippen LogP contribution in [0.1, 0.15) is 57.9 Å². The van der Waals surface area contributed by atoms with Gasteiger partial charge in [0.05, 0.1) is 22.7 Å². The van der Waals surface area contributed by atoms with Gasteiger partial charge in [0.2, 0.25) is 0 Å². The summed E-state index contributed by atoms with van der Waals surface area (Å²) in [5.74, 6) is 0.139. The van der Waals surface area contributed by atoms with Crippen molar-refractivity contribution in [1.82, 2.24) is 9.55 Å². The first-order chi connectivity index (χ1) is 11.5. The number of rotatable bonds is 8. The molecule has 1 N–H and O–H groups in total. The van der Waals surface area contributed by atoms with E-state index in [1.807, 2.05) is 12.1 Å². The van der Waals surface area contributed by atoms with Crippen molar-refractivity contribution in [2.75, 3.05) is 6.61 Å². The van der Waals surface area contributed by atoms with Gasteiger partial charge < -0.3 is 9.72 Å². The lowest BCUT2D eigenvalue weighted by Gasteiger charge is -2.16. The van der Waals surface area contributed by atoms with Crippen LogP contribution in [0, 0.1) is 0 Å². The number of benzene rings is 1. The van der Waals surface area contributed by atoms with Crippen LogP contribution in [0.4, 0.5) is 0 Å². The molecule has 1 aromatic heterocycles. The second-order valence-corrected chi connectivity index (χ2v) is 6.27. The van der Waals surface area contributed by atoms with Gasteiger partial charge in [0.1, 0.15) is 0 Å². The monoisotopic (exact) mass is 352 g/mol. The molecule has 0 aliphatic carbocycles. The third-order valence-corrected chi connectivity index (χ3v) is 4.71. The van der Waals surface area contributed by atoms with Crippen molar-refractivity contribution < 1.29 is 9.53 Å². The molecule has 5 nitrogen and oxygen atoms in total. The van der Waals surface area contributed by atoms with Gasteiger partial charge in [-0.2, -0.15) is 0 Å². The van der Waals surface area contributed by atoms with Crippen LogP contribution in [0.2, 0.25) is 5.02 Å². The minimum atomic E-state index is -0.233. The molecule has 0 aliphatic heterocycles. The van der Waals surface area contributed by atoms with Gasteiger partial charge in [-0.25, -0.2) is 4.79 Å². The Morgan fingerprint density at radius 2 is 2.00 bits per heavy atom. The number of carbonyl (C=O) groups is 1. The molecule has 1 heterocycles. The topological polar surface area (TPSA) is 64.1 Å². The van der Waals surface area contributed by atoms with Crippen molar-refractivity contribution in [3.05, 3.63) is 33.2 Å². The lowest BCUT2D eigenvalue weighted by molar-refractivity contribution is -0.143. The maximum absolute atomic E-state index is 12.4. The molecule has 132 valence electrons. The molecule has 0 radical (unpaired) electrons. The summed E-state index contributed by atoms with van der Waals surface area (Å²) in [4.78, 5) is 26.7. The molecule has 0 saturated heterocycles. The second kappa shape index (κ2) is 8.38. The summed E-state index contributed by atoms with van der Waals surface area (Å²) in [5.41, 5.74) is 2.50. The Labute approximate surface area is 147 Å². The number of H-pyrrole nitrogens is 1. The summed E-state index contributed by atoms with van der Waals surface area (Å²) in [6.45, 7) is 6.91. The van der Waals surface area contributed by atoms with E-state index in [0.717, 1.165) is 23.9 Å². The van der Waals surface area contributed by atoms with Gasteiger partial charge in [-0.15, -0.1) is 0 Å². The number of aromatic amines is 1. The highest BCUT2D eigenvalue weighted by atomic mass is 35.5. The van der Waals surface area contributed by atoms with E-state index in [4.69, 9.17) is 16.3 Å². The predicted octanol–water partition coefficient (Wildman–Crippen LogP) is 4.23. The fraction of sp³-hybridized carbons (Fsp3) is 0.556. The van der Waals surface area contributed by atoms with Crippen LogP contribution in [0.3, 0.4) is 0 Å². The lowest BCUT2D eigenvalue weighted by Crippen LogP contribution is -2.18. The quantitative estimate of drug-likeness (QED) is 0.723. The molecule has 0 saturated carbocycles. The maximum Gasteiger partial charge on any atom is 0.326 e. The highest BCUT2D eigenvalue weighted by molar-refractivity contribution is 6.35. The molecule has 0 unspecified atom stereocenters. The first-order valence-corrected chi connectivity index (χ1v) is 8.97. The van der Waals surface area contributed by atoms with Gasteiger partial charge in [0.15, 0.2) is 0 Å². The first kappa shape index (κ1) is 18.6. The molecule has 6 heteroatoms. The average molecular weight is 353 g/mol. The van der Waals surface area contributed by atoms with Crippen molar-refractivity contribution in [2.24, 2.45) is 0 Å². The van der Waals surface area contributed by atoms with Gasteiger partial charge in [-0.3, -0.25) is 9.36 Å². The van der Waals surface area contributed by atoms with E-state index in [1.54, 1.807) is 11.5 Å². The Hall–Kier alpha value is -1.75. The fourth-order valence-corrected chi connectivity index (χ4v) is 3.35. The number of esters is 1. The van der Waals surface area contributed by atoms with Crippen LogP contribution < -0.4 is 5.69 Å². The Kier molecular flexibility index (Phi) is 6.49. The SMILES string of the molecule is CCOC(=O)CCCn1c(=O)[nH]c2c(Cl)ccc(C(CC)CC)c21. The van der Waals surface area contributed by atoms with Gasteiger partial charge >= 0.3 is 11.7 Å². The average Bonchev–Trinajstić information content (AvgIpc) is 2.89. The number of aryl methyl sites for hydroxylation is 1. The highest BCUT2D eigenvalue weighted by Gasteiger charge is 2.18. The zero-order valence-corrected chi connectivity index (χ0v) is 15.3. The van der Waals surface area contributed by atoms with Crippen LogP contribution >= 0.6 is 11.6 Å². The summed E-state index contributed by atoms with van der Waals surface area (Å²) in [7, 11) is 0. The standard InChI is InChI=1S/C18H25ClN2O3/c1-4-12(5-2)13-9-10-14(19)16-17(13)21(18(23)20-16)11-7-8-15(22)24-6-3/h9-10,12H,4-8,11H2,1-3H3,(H,20,23). The van der Waals surface area contributed by atoms with Gasteiger partial charge in [-0.05, 0) is 43.7 Å². The molecule has 0 fully saturated rings. The van der Waals surface area contributed by atoms with Crippen molar-refractivity contribution in [1.29, 1.82) is 0 Å². The van der Waals surface area contributed by atoms with Crippen molar-refractivity contribution >= 4 is 28.6 Å². The predicted molar refractivity (Wildman–Crippen MR) is 96.8 cm³/mol. The Morgan fingerprint density at radius 1 is 1.29 bits per heavy atom. The molecule has 2 rings (SSSR count). The number of fused-ring (bicyclic) bond motifs is 1. The summed E-state index contributed by atoms with van der Waals surface area (Å²) in [6.07, 6.45) is 2.85. The zero-order chi connectivity index (χ0) is 17.7. The number of hydrogen-bond acceptors (Lipinski definition) is 3. The van der Waals surface area contributed by atoms with E-state index in [9.17, 15) is 9.59 Å². The van der Waals surface area contributed by atoms with Gasteiger partial charge in [0, 0.05) is 13.0 Å². The van der Waals surface area contributed by atoms with E-state index in [1.165, 1.54) is 0 Å². The van der Waals surface area contributed by atoms with E-state index in [2.05, 4.69) is 18.8 Å². The van der Waals surface area contributed by atoms with E-state index in [-0.39, 0.29) is 11.7 Å².